The van der Waals surface area contributed by atoms with E-state index in [0.717, 1.165) is 19.3 Å². The Morgan fingerprint density at radius 1 is 1.25 bits per heavy atom. The molecule has 16 heavy (non-hydrogen) atoms. The predicted molar refractivity (Wildman–Crippen MR) is 62.5 cm³/mol. The number of carbonyl (C=O) groups is 2. The number of rotatable bonds is 5. The predicted octanol–water partition coefficient (Wildman–Crippen LogP) is 1.14. The quantitative estimate of drug-likeness (QED) is 0.715. The molecule has 1 rings (SSSR count). The van der Waals surface area contributed by atoms with Crippen molar-refractivity contribution in [2.24, 2.45) is 17.6 Å². The molecule has 1 saturated heterocycles. The molecule has 0 saturated carbocycles. The van der Waals surface area contributed by atoms with Gasteiger partial charge in [0.1, 0.15) is 0 Å². The molecular formula is C12H22N2O2. The number of hydrogen-bond acceptors (Lipinski definition) is 3. The van der Waals surface area contributed by atoms with Gasteiger partial charge in [-0.05, 0) is 6.42 Å². The zero-order chi connectivity index (χ0) is 12.3. The van der Waals surface area contributed by atoms with Crippen molar-refractivity contribution < 1.29 is 9.59 Å². The highest BCUT2D eigenvalue weighted by molar-refractivity contribution is 6.05. The molecule has 0 bridgehead atoms. The van der Waals surface area contributed by atoms with E-state index in [1.807, 2.05) is 13.8 Å². The maximum absolute atomic E-state index is 11.9. The Morgan fingerprint density at radius 3 is 2.12 bits per heavy atom. The molecule has 1 aliphatic rings. The zero-order valence-corrected chi connectivity index (χ0v) is 10.4. The Bertz CT molecular complexity index is 258. The summed E-state index contributed by atoms with van der Waals surface area (Å²) in [5, 5.41) is 0. The molecule has 0 aromatic carbocycles. The fourth-order valence-electron chi connectivity index (χ4n) is 2.13. The van der Waals surface area contributed by atoms with Crippen LogP contribution in [-0.2, 0) is 9.59 Å². The maximum atomic E-state index is 11.9. The van der Waals surface area contributed by atoms with Gasteiger partial charge >= 0.3 is 0 Å². The molecule has 2 N–H and O–H groups in total. The number of nitrogens with two attached hydrogens (primary N) is 1. The largest absolute Gasteiger partial charge is 0.328 e. The Hall–Kier alpha value is -0.900. The molecule has 4 nitrogen and oxygen atoms in total. The number of nitrogens with zero attached hydrogens (tertiary/aromatic N) is 1. The summed E-state index contributed by atoms with van der Waals surface area (Å²) < 4.78 is 0. The van der Waals surface area contributed by atoms with Gasteiger partial charge in [0.15, 0.2) is 0 Å². The van der Waals surface area contributed by atoms with Gasteiger partial charge in [-0.15, -0.1) is 0 Å². The van der Waals surface area contributed by atoms with E-state index in [4.69, 9.17) is 5.73 Å². The summed E-state index contributed by atoms with van der Waals surface area (Å²) in [6.07, 6.45) is 2.88. The molecule has 2 amide bonds. The minimum absolute atomic E-state index is 0.0518. The first-order valence-corrected chi connectivity index (χ1v) is 6.11. The van der Waals surface area contributed by atoms with Gasteiger partial charge in [-0.1, -0.05) is 33.6 Å². The van der Waals surface area contributed by atoms with Gasteiger partial charge in [-0.3, -0.25) is 14.5 Å². The molecular weight excluding hydrogens is 204 g/mol. The van der Waals surface area contributed by atoms with Crippen LogP contribution in [-0.4, -0.2) is 29.3 Å². The lowest BCUT2D eigenvalue weighted by atomic mass is 10.00. The Morgan fingerprint density at radius 2 is 1.75 bits per heavy atom. The Labute approximate surface area is 97.2 Å². The highest BCUT2D eigenvalue weighted by Gasteiger charge is 2.44. The molecule has 92 valence electrons. The zero-order valence-electron chi connectivity index (χ0n) is 10.4. The van der Waals surface area contributed by atoms with Gasteiger partial charge in [-0.25, -0.2) is 0 Å². The van der Waals surface area contributed by atoms with Crippen molar-refractivity contribution in [3.05, 3.63) is 0 Å². The van der Waals surface area contributed by atoms with Crippen molar-refractivity contribution in [3.63, 3.8) is 0 Å². The standard InChI is InChI=1S/C12H22N2O2/c1-4-5-6-10(7-13)14-11(15)8(2)9(3)12(14)16/h8-10H,4-7,13H2,1-3H3. The smallest absolute Gasteiger partial charge is 0.233 e. The molecule has 0 spiro atoms. The number of carbonyl (C=O) groups excluding carboxylic acids is 2. The lowest BCUT2D eigenvalue weighted by Crippen LogP contribution is -2.44. The molecule has 0 aliphatic carbocycles. The third-order valence-electron chi connectivity index (χ3n) is 3.53. The van der Waals surface area contributed by atoms with Gasteiger partial charge in [0.25, 0.3) is 0 Å². The highest BCUT2D eigenvalue weighted by Crippen LogP contribution is 2.28. The number of hydrogen-bond donors (Lipinski definition) is 1. The SMILES string of the molecule is CCCCC(CN)N1C(=O)C(C)C(C)C1=O. The molecule has 0 radical (unpaired) electrons. The second-order valence-corrected chi connectivity index (χ2v) is 4.66. The Kier molecular flexibility index (Phi) is 4.47. The van der Waals surface area contributed by atoms with Gasteiger partial charge in [-0.2, -0.15) is 0 Å². The van der Waals surface area contributed by atoms with Crippen LogP contribution in [0.1, 0.15) is 40.0 Å². The first-order valence-electron chi connectivity index (χ1n) is 6.11. The van der Waals surface area contributed by atoms with E-state index in [9.17, 15) is 9.59 Å². The lowest BCUT2D eigenvalue weighted by molar-refractivity contribution is -0.142. The van der Waals surface area contributed by atoms with Crippen molar-refractivity contribution in [1.82, 2.24) is 4.90 Å². The van der Waals surface area contributed by atoms with Gasteiger partial charge < -0.3 is 5.73 Å². The third kappa shape index (κ3) is 2.26. The average Bonchev–Trinajstić information content (AvgIpc) is 2.47. The molecule has 0 aromatic rings. The summed E-state index contributed by atoms with van der Waals surface area (Å²) in [6.45, 7) is 6.10. The van der Waals surface area contributed by atoms with E-state index in [0.29, 0.717) is 6.54 Å². The van der Waals surface area contributed by atoms with E-state index in [1.54, 1.807) is 0 Å². The lowest BCUT2D eigenvalue weighted by Gasteiger charge is -2.25. The fourth-order valence-corrected chi connectivity index (χ4v) is 2.13. The number of imide groups is 1. The summed E-state index contributed by atoms with van der Waals surface area (Å²) in [5.41, 5.74) is 5.66. The number of likely N-dealkylation sites (tertiary alicyclic amines) is 1. The van der Waals surface area contributed by atoms with Crippen LogP contribution in [0.4, 0.5) is 0 Å². The van der Waals surface area contributed by atoms with Crippen molar-refractivity contribution in [2.45, 2.75) is 46.1 Å². The Balaban J connectivity index is 2.77. The van der Waals surface area contributed by atoms with Gasteiger partial charge in [0, 0.05) is 18.4 Å². The molecule has 1 fully saturated rings. The van der Waals surface area contributed by atoms with Crippen LogP contribution in [0.2, 0.25) is 0 Å². The normalized spacial score (nSPS) is 27.6. The minimum atomic E-state index is -0.192. The van der Waals surface area contributed by atoms with Crippen LogP contribution < -0.4 is 5.73 Å². The van der Waals surface area contributed by atoms with Crippen LogP contribution in [0.25, 0.3) is 0 Å². The second kappa shape index (κ2) is 5.43. The second-order valence-electron chi connectivity index (χ2n) is 4.66. The summed E-state index contributed by atoms with van der Waals surface area (Å²) in [6, 6.07) is -0.104. The first-order chi connectivity index (χ1) is 7.54. The van der Waals surface area contributed by atoms with Crippen molar-refractivity contribution in [2.75, 3.05) is 6.54 Å². The van der Waals surface area contributed by atoms with E-state index in [2.05, 4.69) is 6.92 Å². The van der Waals surface area contributed by atoms with E-state index < -0.39 is 0 Å². The van der Waals surface area contributed by atoms with Crippen LogP contribution in [0.3, 0.4) is 0 Å². The van der Waals surface area contributed by atoms with Crippen LogP contribution in [0, 0.1) is 11.8 Å². The van der Waals surface area contributed by atoms with Crippen molar-refractivity contribution in [1.29, 1.82) is 0 Å². The summed E-state index contributed by atoms with van der Waals surface area (Å²) in [5.74, 6) is -0.487. The molecule has 0 aromatic heterocycles. The third-order valence-corrected chi connectivity index (χ3v) is 3.53. The van der Waals surface area contributed by atoms with Crippen LogP contribution in [0.15, 0.2) is 0 Å². The minimum Gasteiger partial charge on any atom is -0.328 e. The van der Waals surface area contributed by atoms with Gasteiger partial charge in [0.2, 0.25) is 11.8 Å². The van der Waals surface area contributed by atoms with Crippen molar-refractivity contribution >= 4 is 11.8 Å². The summed E-state index contributed by atoms with van der Waals surface area (Å²) in [7, 11) is 0. The van der Waals surface area contributed by atoms with E-state index in [1.165, 1.54) is 4.90 Å². The first kappa shape index (κ1) is 13.2. The molecule has 3 unspecified atom stereocenters. The van der Waals surface area contributed by atoms with Crippen LogP contribution in [0.5, 0.6) is 0 Å². The number of unbranched alkanes of at least 4 members (excludes halogenated alkanes) is 1. The summed E-state index contributed by atoms with van der Waals surface area (Å²) >= 11 is 0. The maximum Gasteiger partial charge on any atom is 0.233 e. The molecule has 1 aliphatic heterocycles. The van der Waals surface area contributed by atoms with Crippen LogP contribution >= 0.6 is 0 Å². The number of amides is 2. The highest BCUT2D eigenvalue weighted by atomic mass is 16.2. The van der Waals surface area contributed by atoms with Crippen molar-refractivity contribution in [3.8, 4) is 0 Å². The van der Waals surface area contributed by atoms with E-state index in [-0.39, 0.29) is 29.7 Å². The van der Waals surface area contributed by atoms with Gasteiger partial charge in [0.05, 0.1) is 6.04 Å². The molecule has 1 heterocycles. The average molecular weight is 226 g/mol. The van der Waals surface area contributed by atoms with E-state index >= 15 is 0 Å². The monoisotopic (exact) mass is 226 g/mol. The topological polar surface area (TPSA) is 63.4 Å². The summed E-state index contributed by atoms with van der Waals surface area (Å²) in [4.78, 5) is 25.3. The molecule has 3 atom stereocenters. The fraction of sp³-hybridized carbons (Fsp3) is 0.833. The molecule has 4 heteroatoms.